The monoisotopic (exact) mass is 309 g/mol. The average molecular weight is 310 g/mol. The first-order chi connectivity index (χ1) is 10.3. The summed E-state index contributed by atoms with van der Waals surface area (Å²) in [5.41, 5.74) is 0. The molecule has 0 spiro atoms. The molecule has 0 radical (unpaired) electrons. The fourth-order valence-electron chi connectivity index (χ4n) is 2.42. The Morgan fingerprint density at radius 3 is 2.67 bits per heavy atom. The molecule has 3 rings (SSSR count). The van der Waals surface area contributed by atoms with Crippen molar-refractivity contribution in [3.63, 3.8) is 0 Å². The van der Waals surface area contributed by atoms with Crippen LogP contribution in [0.2, 0.25) is 5.28 Å². The molecule has 0 atom stereocenters. The van der Waals surface area contributed by atoms with E-state index in [1.807, 2.05) is 0 Å². The van der Waals surface area contributed by atoms with Crippen molar-refractivity contribution in [2.24, 2.45) is 5.92 Å². The van der Waals surface area contributed by atoms with E-state index in [2.05, 4.69) is 29.9 Å². The largest absolute Gasteiger partial charge is 0.384 e. The Morgan fingerprint density at radius 1 is 1.24 bits per heavy atom. The van der Waals surface area contributed by atoms with Crippen molar-refractivity contribution >= 4 is 17.5 Å². The fraction of sp³-hybridized carbons (Fsp3) is 0.583. The second-order valence-corrected chi connectivity index (χ2v) is 5.27. The molecule has 2 aromatic heterocycles. The second kappa shape index (κ2) is 6.31. The van der Waals surface area contributed by atoms with Crippen molar-refractivity contribution in [2.75, 3.05) is 31.7 Å². The summed E-state index contributed by atoms with van der Waals surface area (Å²) in [5.74, 6) is 1.55. The minimum absolute atomic E-state index is 0.157. The summed E-state index contributed by atoms with van der Waals surface area (Å²) >= 11 is 5.99. The summed E-state index contributed by atoms with van der Waals surface area (Å²) in [6, 6.07) is 0. The Morgan fingerprint density at radius 2 is 2.00 bits per heavy atom. The van der Waals surface area contributed by atoms with Crippen LogP contribution in [-0.4, -0.2) is 56.5 Å². The SMILES string of the molecule is COCC1CCN(c2nc(Cl)nc(-n3cncn3)n2)CC1. The highest BCUT2D eigenvalue weighted by Gasteiger charge is 2.22. The molecule has 0 unspecified atom stereocenters. The predicted molar refractivity (Wildman–Crippen MR) is 76.6 cm³/mol. The number of hydrogen-bond donors (Lipinski definition) is 0. The van der Waals surface area contributed by atoms with Gasteiger partial charge in [0.25, 0.3) is 5.95 Å². The van der Waals surface area contributed by atoms with Crippen molar-refractivity contribution in [3.8, 4) is 5.95 Å². The second-order valence-electron chi connectivity index (χ2n) is 4.93. The Labute approximate surface area is 127 Å². The Kier molecular flexibility index (Phi) is 4.26. The predicted octanol–water partition coefficient (Wildman–Crippen LogP) is 0.968. The highest BCUT2D eigenvalue weighted by molar-refractivity contribution is 6.28. The van der Waals surface area contributed by atoms with Gasteiger partial charge in [-0.25, -0.2) is 4.98 Å². The first-order valence-electron chi connectivity index (χ1n) is 6.76. The first-order valence-corrected chi connectivity index (χ1v) is 7.14. The van der Waals surface area contributed by atoms with E-state index in [1.165, 1.54) is 17.3 Å². The Bertz CT molecular complexity index is 583. The van der Waals surface area contributed by atoms with Gasteiger partial charge in [-0.05, 0) is 30.4 Å². The topological polar surface area (TPSA) is 81.9 Å². The lowest BCUT2D eigenvalue weighted by atomic mass is 9.98. The van der Waals surface area contributed by atoms with Crippen LogP contribution < -0.4 is 4.90 Å². The van der Waals surface area contributed by atoms with Gasteiger partial charge in [0.1, 0.15) is 12.7 Å². The van der Waals surface area contributed by atoms with Gasteiger partial charge in [0, 0.05) is 26.8 Å². The van der Waals surface area contributed by atoms with E-state index in [1.54, 1.807) is 7.11 Å². The van der Waals surface area contributed by atoms with Crippen molar-refractivity contribution in [3.05, 3.63) is 17.9 Å². The number of anilines is 1. The minimum atomic E-state index is 0.157. The van der Waals surface area contributed by atoms with E-state index < -0.39 is 0 Å². The van der Waals surface area contributed by atoms with Crippen LogP contribution in [0, 0.1) is 5.92 Å². The summed E-state index contributed by atoms with van der Waals surface area (Å²) in [5, 5.41) is 4.17. The molecule has 21 heavy (non-hydrogen) atoms. The van der Waals surface area contributed by atoms with E-state index in [-0.39, 0.29) is 5.28 Å². The van der Waals surface area contributed by atoms with E-state index in [4.69, 9.17) is 16.3 Å². The fourth-order valence-corrected chi connectivity index (χ4v) is 2.57. The third-order valence-electron chi connectivity index (χ3n) is 3.51. The molecule has 0 N–H and O–H groups in total. The smallest absolute Gasteiger partial charge is 0.258 e. The van der Waals surface area contributed by atoms with Crippen LogP contribution in [0.1, 0.15) is 12.8 Å². The molecular weight excluding hydrogens is 294 g/mol. The quantitative estimate of drug-likeness (QED) is 0.832. The number of aromatic nitrogens is 6. The van der Waals surface area contributed by atoms with Gasteiger partial charge in [0.05, 0.1) is 0 Å². The lowest BCUT2D eigenvalue weighted by molar-refractivity contribution is 0.139. The molecule has 112 valence electrons. The minimum Gasteiger partial charge on any atom is -0.384 e. The molecule has 3 heterocycles. The Balaban J connectivity index is 1.77. The zero-order valence-electron chi connectivity index (χ0n) is 11.7. The van der Waals surface area contributed by atoms with Crippen molar-refractivity contribution in [1.82, 2.24) is 29.7 Å². The van der Waals surface area contributed by atoms with Crippen LogP contribution in [0.25, 0.3) is 5.95 Å². The van der Waals surface area contributed by atoms with Crippen LogP contribution >= 0.6 is 11.6 Å². The van der Waals surface area contributed by atoms with E-state index in [0.29, 0.717) is 17.8 Å². The highest BCUT2D eigenvalue weighted by Crippen LogP contribution is 2.22. The molecule has 1 aliphatic rings. The van der Waals surface area contributed by atoms with Gasteiger partial charge in [0.15, 0.2) is 0 Å². The normalized spacial score (nSPS) is 16.4. The van der Waals surface area contributed by atoms with Crippen molar-refractivity contribution in [1.29, 1.82) is 0 Å². The van der Waals surface area contributed by atoms with Gasteiger partial charge in [-0.15, -0.1) is 0 Å². The molecule has 1 aliphatic heterocycles. The van der Waals surface area contributed by atoms with Crippen molar-refractivity contribution in [2.45, 2.75) is 12.8 Å². The number of rotatable bonds is 4. The van der Waals surface area contributed by atoms with Gasteiger partial charge < -0.3 is 9.64 Å². The maximum absolute atomic E-state index is 5.99. The molecular formula is C12H16ClN7O. The van der Waals surface area contributed by atoms with Gasteiger partial charge in [-0.1, -0.05) is 0 Å². The van der Waals surface area contributed by atoms with Crippen LogP contribution in [0.3, 0.4) is 0 Å². The summed E-state index contributed by atoms with van der Waals surface area (Å²) in [7, 11) is 1.74. The lowest BCUT2D eigenvalue weighted by Gasteiger charge is -2.31. The molecule has 2 aromatic rings. The average Bonchev–Trinajstić information content (AvgIpc) is 3.02. The molecule has 1 saturated heterocycles. The standard InChI is InChI=1S/C12H16ClN7O/c1-21-6-9-2-4-19(5-3-9)11-16-10(13)17-12(18-11)20-8-14-7-15-20/h7-9H,2-6H2,1H3. The van der Waals surface area contributed by atoms with E-state index in [0.717, 1.165) is 32.5 Å². The third kappa shape index (κ3) is 3.27. The summed E-state index contributed by atoms with van der Waals surface area (Å²) in [6.45, 7) is 2.56. The molecule has 0 amide bonds. The number of methoxy groups -OCH3 is 1. The zero-order chi connectivity index (χ0) is 14.7. The third-order valence-corrected chi connectivity index (χ3v) is 3.68. The number of halogens is 1. The Hall–Kier alpha value is -1.80. The number of hydrogen-bond acceptors (Lipinski definition) is 7. The summed E-state index contributed by atoms with van der Waals surface area (Å²) in [6.07, 6.45) is 5.06. The molecule has 9 heteroatoms. The van der Waals surface area contributed by atoms with E-state index in [9.17, 15) is 0 Å². The lowest BCUT2D eigenvalue weighted by Crippen LogP contribution is -2.36. The maximum Gasteiger partial charge on any atom is 0.258 e. The van der Waals surface area contributed by atoms with Crippen LogP contribution in [-0.2, 0) is 4.74 Å². The van der Waals surface area contributed by atoms with Crippen molar-refractivity contribution < 1.29 is 4.74 Å². The summed E-state index contributed by atoms with van der Waals surface area (Å²) in [4.78, 5) is 18.7. The molecule has 0 aromatic carbocycles. The molecule has 0 saturated carbocycles. The van der Waals surface area contributed by atoms with Gasteiger partial charge in [-0.2, -0.15) is 24.7 Å². The van der Waals surface area contributed by atoms with Gasteiger partial charge in [-0.3, -0.25) is 0 Å². The number of nitrogens with zero attached hydrogens (tertiary/aromatic N) is 7. The number of ether oxygens (including phenoxy) is 1. The molecule has 0 aliphatic carbocycles. The van der Waals surface area contributed by atoms with Crippen LogP contribution in [0.5, 0.6) is 0 Å². The van der Waals surface area contributed by atoms with Crippen LogP contribution in [0.15, 0.2) is 12.7 Å². The summed E-state index contributed by atoms with van der Waals surface area (Å²) < 4.78 is 6.68. The maximum atomic E-state index is 5.99. The molecule has 0 bridgehead atoms. The number of piperidine rings is 1. The van der Waals surface area contributed by atoms with Crippen LogP contribution in [0.4, 0.5) is 5.95 Å². The van der Waals surface area contributed by atoms with E-state index >= 15 is 0 Å². The zero-order valence-corrected chi connectivity index (χ0v) is 12.4. The van der Waals surface area contributed by atoms with Gasteiger partial charge >= 0.3 is 0 Å². The highest BCUT2D eigenvalue weighted by atomic mass is 35.5. The molecule has 1 fully saturated rings. The van der Waals surface area contributed by atoms with Gasteiger partial charge in [0.2, 0.25) is 11.2 Å². The first kappa shape index (κ1) is 14.2. The molecule has 8 nitrogen and oxygen atoms in total.